The molecule has 1 aromatic heterocycles. The lowest BCUT2D eigenvalue weighted by Crippen LogP contribution is -2.33. The largest absolute Gasteiger partial charge is 0.345 e. The van der Waals surface area contributed by atoms with Gasteiger partial charge in [-0.05, 0) is 37.6 Å². The number of anilines is 1. The van der Waals surface area contributed by atoms with Gasteiger partial charge in [-0.15, -0.1) is 0 Å². The molecule has 6 nitrogen and oxygen atoms in total. The Morgan fingerprint density at radius 1 is 1.20 bits per heavy atom. The lowest BCUT2D eigenvalue weighted by molar-refractivity contribution is -0.121. The number of hydrogen-bond acceptors (Lipinski definition) is 4. The summed E-state index contributed by atoms with van der Waals surface area (Å²) in [4.78, 5) is 42.1. The van der Waals surface area contributed by atoms with Gasteiger partial charge in [0.25, 0.3) is 5.91 Å². The number of amides is 2. The highest BCUT2D eigenvalue weighted by atomic mass is 16.2. The van der Waals surface area contributed by atoms with Crippen molar-refractivity contribution in [2.45, 2.75) is 19.3 Å². The third-order valence-electron chi connectivity index (χ3n) is 4.53. The summed E-state index contributed by atoms with van der Waals surface area (Å²) in [6.45, 7) is 3.62. The van der Waals surface area contributed by atoms with Crippen LogP contribution in [0.15, 0.2) is 42.7 Å². The number of ketones is 1. The third kappa shape index (κ3) is 2.91. The summed E-state index contributed by atoms with van der Waals surface area (Å²) in [6.07, 6.45) is 3.02. The molecule has 1 N–H and O–H groups in total. The van der Waals surface area contributed by atoms with Crippen LogP contribution in [0.4, 0.5) is 5.69 Å². The lowest BCUT2D eigenvalue weighted by Gasteiger charge is -2.16. The third-order valence-corrected chi connectivity index (χ3v) is 4.53. The zero-order valence-corrected chi connectivity index (χ0v) is 14.4. The molecule has 0 saturated carbocycles. The fourth-order valence-corrected chi connectivity index (χ4v) is 3.02. The Hall–Kier alpha value is -3.02. The summed E-state index contributed by atoms with van der Waals surface area (Å²) in [5.41, 5.74) is 1.90. The molecule has 1 aliphatic heterocycles. The van der Waals surface area contributed by atoms with Gasteiger partial charge < -0.3 is 10.2 Å². The van der Waals surface area contributed by atoms with Crippen LogP contribution in [0.5, 0.6) is 0 Å². The van der Waals surface area contributed by atoms with Crippen LogP contribution in [0, 0.1) is 0 Å². The summed E-state index contributed by atoms with van der Waals surface area (Å²) in [5.74, 6) is -0.571. The van der Waals surface area contributed by atoms with Crippen molar-refractivity contribution < 1.29 is 14.4 Å². The molecule has 0 fully saturated rings. The van der Waals surface area contributed by atoms with E-state index in [9.17, 15) is 14.4 Å². The van der Waals surface area contributed by atoms with Crippen molar-refractivity contribution in [1.82, 2.24) is 10.3 Å². The first-order valence-electron chi connectivity index (χ1n) is 7.96. The topological polar surface area (TPSA) is 79.4 Å². The van der Waals surface area contributed by atoms with Crippen LogP contribution in [-0.2, 0) is 10.2 Å². The molecule has 2 heterocycles. The van der Waals surface area contributed by atoms with Crippen LogP contribution in [0.3, 0.4) is 0 Å². The standard InChI is InChI=1S/C19H19N3O3/c1-19(2)14-7-6-12(9-15(14)22(3)18(19)25)16(23)11-21-17(24)13-5-4-8-20-10-13/h4-10H,11H2,1-3H3,(H,21,24). The number of likely N-dealkylation sites (N-methyl/N-ethyl adjacent to an activating group) is 1. The van der Waals surface area contributed by atoms with Gasteiger partial charge in [0.15, 0.2) is 5.78 Å². The van der Waals surface area contributed by atoms with E-state index >= 15 is 0 Å². The van der Waals surface area contributed by atoms with Crippen LogP contribution in [-0.4, -0.2) is 36.2 Å². The lowest BCUT2D eigenvalue weighted by atomic mass is 9.85. The van der Waals surface area contributed by atoms with Gasteiger partial charge in [-0.25, -0.2) is 0 Å². The predicted molar refractivity (Wildman–Crippen MR) is 93.8 cm³/mol. The molecular formula is C19H19N3O3. The number of carbonyl (C=O) groups is 3. The molecule has 3 rings (SSSR count). The Balaban J connectivity index is 1.74. The molecule has 0 radical (unpaired) electrons. The molecule has 128 valence electrons. The maximum atomic E-state index is 12.4. The number of fused-ring (bicyclic) bond motifs is 1. The van der Waals surface area contributed by atoms with E-state index in [4.69, 9.17) is 0 Å². The fraction of sp³-hybridized carbons (Fsp3) is 0.263. The highest BCUT2D eigenvalue weighted by molar-refractivity contribution is 6.09. The number of Topliss-reactive ketones (excluding diaryl/α,β-unsaturated/α-hetero) is 1. The highest BCUT2D eigenvalue weighted by Crippen LogP contribution is 2.41. The molecule has 0 bridgehead atoms. The van der Waals surface area contributed by atoms with Gasteiger partial charge in [0.2, 0.25) is 5.91 Å². The second kappa shape index (κ2) is 6.12. The van der Waals surface area contributed by atoms with Gasteiger partial charge in [-0.1, -0.05) is 12.1 Å². The molecular weight excluding hydrogens is 318 g/mol. The van der Waals surface area contributed by atoms with Crippen LogP contribution in [0.1, 0.15) is 40.1 Å². The molecule has 6 heteroatoms. The minimum Gasteiger partial charge on any atom is -0.345 e. The summed E-state index contributed by atoms with van der Waals surface area (Å²) in [7, 11) is 1.70. The SMILES string of the molecule is CN1C(=O)C(C)(C)c2ccc(C(=O)CNC(=O)c3cccnc3)cc21. The van der Waals surface area contributed by atoms with E-state index in [1.165, 1.54) is 6.20 Å². The molecule has 0 saturated heterocycles. The first-order chi connectivity index (χ1) is 11.8. The fourth-order valence-electron chi connectivity index (χ4n) is 3.02. The Morgan fingerprint density at radius 3 is 2.64 bits per heavy atom. The van der Waals surface area contributed by atoms with Crippen molar-refractivity contribution in [3.63, 3.8) is 0 Å². The van der Waals surface area contributed by atoms with Gasteiger partial charge in [0, 0.05) is 30.7 Å². The van der Waals surface area contributed by atoms with Crippen molar-refractivity contribution in [2.75, 3.05) is 18.5 Å². The van der Waals surface area contributed by atoms with E-state index in [-0.39, 0.29) is 24.1 Å². The Bertz CT molecular complexity index is 859. The number of pyridine rings is 1. The maximum Gasteiger partial charge on any atom is 0.253 e. The second-order valence-corrected chi connectivity index (χ2v) is 6.57. The monoisotopic (exact) mass is 337 g/mol. The zero-order valence-electron chi connectivity index (χ0n) is 14.4. The molecule has 1 aliphatic rings. The van der Waals surface area contributed by atoms with E-state index in [1.807, 2.05) is 19.9 Å². The van der Waals surface area contributed by atoms with Crippen LogP contribution in [0.2, 0.25) is 0 Å². The average Bonchev–Trinajstić information content (AvgIpc) is 2.80. The number of benzene rings is 1. The highest BCUT2D eigenvalue weighted by Gasteiger charge is 2.42. The Kier molecular flexibility index (Phi) is 4.12. The van der Waals surface area contributed by atoms with E-state index < -0.39 is 5.41 Å². The molecule has 2 amide bonds. The summed E-state index contributed by atoms with van der Waals surface area (Å²) >= 11 is 0. The van der Waals surface area contributed by atoms with E-state index in [1.54, 1.807) is 42.4 Å². The predicted octanol–water partition coefficient (Wildman–Crippen LogP) is 1.95. The number of nitrogens with zero attached hydrogens (tertiary/aromatic N) is 2. The minimum atomic E-state index is -0.597. The zero-order chi connectivity index (χ0) is 18.2. The van der Waals surface area contributed by atoms with Gasteiger partial charge in [0.05, 0.1) is 17.5 Å². The van der Waals surface area contributed by atoms with Gasteiger partial charge in [-0.2, -0.15) is 0 Å². The molecule has 0 aliphatic carbocycles. The van der Waals surface area contributed by atoms with Crippen LogP contribution in [0.25, 0.3) is 0 Å². The molecule has 2 aromatic rings. The molecule has 25 heavy (non-hydrogen) atoms. The van der Waals surface area contributed by atoms with Gasteiger partial charge >= 0.3 is 0 Å². The maximum absolute atomic E-state index is 12.4. The van der Waals surface area contributed by atoms with Crippen molar-refractivity contribution in [2.24, 2.45) is 0 Å². The summed E-state index contributed by atoms with van der Waals surface area (Å²) in [6, 6.07) is 8.51. The number of carbonyl (C=O) groups excluding carboxylic acids is 3. The quantitative estimate of drug-likeness (QED) is 0.865. The number of rotatable bonds is 4. The van der Waals surface area contributed by atoms with E-state index in [2.05, 4.69) is 10.3 Å². The molecule has 0 atom stereocenters. The minimum absolute atomic E-state index is 0.00280. The normalized spacial score (nSPS) is 15.0. The van der Waals surface area contributed by atoms with Crippen LogP contribution >= 0.6 is 0 Å². The smallest absolute Gasteiger partial charge is 0.253 e. The van der Waals surface area contributed by atoms with Gasteiger partial charge in [-0.3, -0.25) is 19.4 Å². The average molecular weight is 337 g/mol. The molecule has 1 aromatic carbocycles. The van der Waals surface area contributed by atoms with Crippen LogP contribution < -0.4 is 10.2 Å². The van der Waals surface area contributed by atoms with Crippen molar-refractivity contribution >= 4 is 23.3 Å². The summed E-state index contributed by atoms with van der Waals surface area (Å²) in [5, 5.41) is 2.59. The molecule has 0 unspecified atom stereocenters. The Morgan fingerprint density at radius 2 is 1.96 bits per heavy atom. The van der Waals surface area contributed by atoms with Crippen molar-refractivity contribution in [1.29, 1.82) is 0 Å². The van der Waals surface area contributed by atoms with Gasteiger partial charge in [0.1, 0.15) is 0 Å². The first kappa shape index (κ1) is 16.8. The van der Waals surface area contributed by atoms with E-state index in [0.29, 0.717) is 11.1 Å². The molecule has 0 spiro atoms. The number of hydrogen-bond donors (Lipinski definition) is 1. The Labute approximate surface area is 145 Å². The second-order valence-electron chi connectivity index (χ2n) is 6.57. The first-order valence-corrected chi connectivity index (χ1v) is 7.96. The van der Waals surface area contributed by atoms with Crippen molar-refractivity contribution in [3.8, 4) is 0 Å². The van der Waals surface area contributed by atoms with E-state index in [0.717, 1.165) is 11.3 Å². The summed E-state index contributed by atoms with van der Waals surface area (Å²) < 4.78 is 0. The van der Waals surface area contributed by atoms with Crippen molar-refractivity contribution in [3.05, 3.63) is 59.4 Å². The number of aromatic nitrogens is 1. The number of nitrogens with one attached hydrogen (secondary N) is 1.